The molecular weight excluding hydrogens is 220 g/mol. The van der Waals surface area contributed by atoms with Gasteiger partial charge < -0.3 is 5.73 Å². The van der Waals surface area contributed by atoms with Gasteiger partial charge in [0.1, 0.15) is 0 Å². The number of rotatable bonds is 5. The van der Waals surface area contributed by atoms with Crippen LogP contribution >= 0.6 is 0 Å². The lowest BCUT2D eigenvalue weighted by molar-refractivity contribution is 0.0931. The first-order chi connectivity index (χ1) is 8.92. The molecule has 2 heteroatoms. The summed E-state index contributed by atoms with van der Waals surface area (Å²) in [7, 11) is 0. The molecule has 0 radical (unpaired) electrons. The quantitative estimate of drug-likeness (QED) is 0.756. The molecule has 2 saturated carbocycles. The van der Waals surface area contributed by atoms with E-state index >= 15 is 0 Å². The van der Waals surface area contributed by atoms with E-state index < -0.39 is 0 Å². The maximum atomic E-state index is 5.74. The SMILES string of the molecule is NCCCN(C1CCCCCC1)C1CCCCC1. The molecule has 2 nitrogen and oxygen atoms in total. The monoisotopic (exact) mass is 252 g/mol. The summed E-state index contributed by atoms with van der Waals surface area (Å²) in [5.74, 6) is 0. The Hall–Kier alpha value is -0.0800. The third-order valence-electron chi connectivity index (χ3n) is 4.96. The van der Waals surface area contributed by atoms with Gasteiger partial charge in [0.25, 0.3) is 0 Å². The lowest BCUT2D eigenvalue weighted by atomic mass is 9.91. The summed E-state index contributed by atoms with van der Waals surface area (Å²) in [6.45, 7) is 2.11. The second kappa shape index (κ2) is 8.16. The molecule has 0 spiro atoms. The molecule has 0 aromatic carbocycles. The van der Waals surface area contributed by atoms with E-state index in [1.165, 1.54) is 83.6 Å². The summed E-state index contributed by atoms with van der Waals surface area (Å²) in [6, 6.07) is 1.76. The summed E-state index contributed by atoms with van der Waals surface area (Å²) >= 11 is 0. The molecule has 0 heterocycles. The highest BCUT2D eigenvalue weighted by atomic mass is 15.2. The van der Waals surface area contributed by atoms with Crippen molar-refractivity contribution in [2.24, 2.45) is 5.73 Å². The van der Waals surface area contributed by atoms with Gasteiger partial charge in [0.15, 0.2) is 0 Å². The number of hydrogen-bond donors (Lipinski definition) is 1. The van der Waals surface area contributed by atoms with Crippen molar-refractivity contribution in [3.8, 4) is 0 Å². The summed E-state index contributed by atoms with van der Waals surface area (Å²) in [6.07, 6.45) is 17.2. The number of nitrogens with two attached hydrogens (primary N) is 1. The van der Waals surface area contributed by atoms with Crippen LogP contribution < -0.4 is 5.73 Å². The summed E-state index contributed by atoms with van der Waals surface area (Å²) in [4.78, 5) is 2.87. The van der Waals surface area contributed by atoms with E-state index in [1.54, 1.807) is 0 Å². The van der Waals surface area contributed by atoms with Gasteiger partial charge in [-0.05, 0) is 45.2 Å². The fourth-order valence-corrected chi connectivity index (χ4v) is 3.94. The van der Waals surface area contributed by atoms with Gasteiger partial charge >= 0.3 is 0 Å². The zero-order valence-electron chi connectivity index (χ0n) is 12.1. The Bertz CT molecular complexity index is 203. The second-order valence-electron chi connectivity index (χ2n) is 6.32. The summed E-state index contributed by atoms with van der Waals surface area (Å²) in [5, 5.41) is 0. The van der Waals surface area contributed by atoms with E-state index in [1.807, 2.05) is 0 Å². The first kappa shape index (κ1) is 14.3. The Morgan fingerprint density at radius 3 is 1.61 bits per heavy atom. The minimum Gasteiger partial charge on any atom is -0.330 e. The first-order valence-corrected chi connectivity index (χ1v) is 8.37. The van der Waals surface area contributed by atoms with Crippen molar-refractivity contribution < 1.29 is 0 Å². The lowest BCUT2D eigenvalue weighted by Crippen LogP contribution is -2.45. The third kappa shape index (κ3) is 4.24. The predicted molar refractivity (Wildman–Crippen MR) is 78.7 cm³/mol. The average Bonchev–Trinajstić information content (AvgIpc) is 2.70. The predicted octanol–water partition coefficient (Wildman–Crippen LogP) is 3.69. The highest BCUT2D eigenvalue weighted by Gasteiger charge is 2.27. The fraction of sp³-hybridized carbons (Fsp3) is 1.00. The first-order valence-electron chi connectivity index (χ1n) is 8.37. The van der Waals surface area contributed by atoms with Crippen molar-refractivity contribution in [2.75, 3.05) is 13.1 Å². The van der Waals surface area contributed by atoms with Crippen LogP contribution in [0.1, 0.15) is 77.0 Å². The van der Waals surface area contributed by atoms with Gasteiger partial charge in [0.05, 0.1) is 0 Å². The molecule has 0 amide bonds. The minimum absolute atomic E-state index is 0.857. The molecule has 0 saturated heterocycles. The molecule has 2 aliphatic rings. The maximum absolute atomic E-state index is 5.74. The van der Waals surface area contributed by atoms with Crippen molar-refractivity contribution in [1.29, 1.82) is 0 Å². The zero-order valence-corrected chi connectivity index (χ0v) is 12.1. The smallest absolute Gasteiger partial charge is 0.00982 e. The third-order valence-corrected chi connectivity index (χ3v) is 4.96. The van der Waals surface area contributed by atoms with Crippen LogP contribution in [0.15, 0.2) is 0 Å². The van der Waals surface area contributed by atoms with Crippen LogP contribution in [0.4, 0.5) is 0 Å². The zero-order chi connectivity index (χ0) is 12.6. The van der Waals surface area contributed by atoms with E-state index in [9.17, 15) is 0 Å². The van der Waals surface area contributed by atoms with Crippen molar-refractivity contribution in [3.05, 3.63) is 0 Å². The van der Waals surface area contributed by atoms with E-state index in [0.29, 0.717) is 0 Å². The second-order valence-corrected chi connectivity index (χ2v) is 6.32. The van der Waals surface area contributed by atoms with Crippen LogP contribution in [0.5, 0.6) is 0 Å². The van der Waals surface area contributed by atoms with Crippen LogP contribution in [-0.4, -0.2) is 30.1 Å². The van der Waals surface area contributed by atoms with E-state index in [0.717, 1.165) is 18.6 Å². The van der Waals surface area contributed by atoms with Gasteiger partial charge in [0, 0.05) is 12.1 Å². The summed E-state index contributed by atoms with van der Waals surface area (Å²) in [5.41, 5.74) is 5.74. The van der Waals surface area contributed by atoms with Gasteiger partial charge in [-0.15, -0.1) is 0 Å². The molecule has 2 rings (SSSR count). The molecule has 0 atom stereocenters. The maximum Gasteiger partial charge on any atom is 0.00982 e. The Balaban J connectivity index is 1.92. The normalized spacial score (nSPS) is 24.3. The van der Waals surface area contributed by atoms with Gasteiger partial charge in [-0.1, -0.05) is 44.9 Å². The van der Waals surface area contributed by atoms with E-state index in [-0.39, 0.29) is 0 Å². The Labute approximate surface area is 113 Å². The molecule has 0 unspecified atom stereocenters. The Morgan fingerprint density at radius 2 is 1.17 bits per heavy atom. The topological polar surface area (TPSA) is 29.3 Å². The molecule has 106 valence electrons. The van der Waals surface area contributed by atoms with Crippen molar-refractivity contribution in [1.82, 2.24) is 4.90 Å². The van der Waals surface area contributed by atoms with Crippen molar-refractivity contribution in [3.63, 3.8) is 0 Å². The molecule has 0 aliphatic heterocycles. The molecular formula is C16H32N2. The van der Waals surface area contributed by atoms with Crippen LogP contribution in [0.25, 0.3) is 0 Å². The van der Waals surface area contributed by atoms with Crippen LogP contribution in [0.2, 0.25) is 0 Å². The molecule has 0 aromatic rings. The van der Waals surface area contributed by atoms with Gasteiger partial charge in [-0.2, -0.15) is 0 Å². The van der Waals surface area contributed by atoms with Gasteiger partial charge in [0.2, 0.25) is 0 Å². The van der Waals surface area contributed by atoms with E-state index in [4.69, 9.17) is 5.73 Å². The average molecular weight is 252 g/mol. The Morgan fingerprint density at radius 1 is 0.722 bits per heavy atom. The number of hydrogen-bond acceptors (Lipinski definition) is 2. The number of nitrogens with zero attached hydrogens (tertiary/aromatic N) is 1. The lowest BCUT2D eigenvalue weighted by Gasteiger charge is -2.40. The molecule has 2 N–H and O–H groups in total. The van der Waals surface area contributed by atoms with Crippen LogP contribution in [0, 0.1) is 0 Å². The van der Waals surface area contributed by atoms with Gasteiger partial charge in [-0.25, -0.2) is 0 Å². The molecule has 18 heavy (non-hydrogen) atoms. The van der Waals surface area contributed by atoms with E-state index in [2.05, 4.69) is 4.90 Å². The molecule has 0 aromatic heterocycles. The van der Waals surface area contributed by atoms with Gasteiger partial charge in [-0.3, -0.25) is 4.90 Å². The molecule has 2 fully saturated rings. The minimum atomic E-state index is 0.857. The van der Waals surface area contributed by atoms with Crippen molar-refractivity contribution >= 4 is 0 Å². The molecule has 2 aliphatic carbocycles. The molecule has 0 bridgehead atoms. The van der Waals surface area contributed by atoms with Crippen LogP contribution in [0.3, 0.4) is 0 Å². The largest absolute Gasteiger partial charge is 0.330 e. The standard InChI is InChI=1S/C16H32N2/c17-13-8-14-18(16-11-6-3-7-12-16)15-9-4-1-2-5-10-15/h15-16H,1-14,17H2. The van der Waals surface area contributed by atoms with Crippen molar-refractivity contribution in [2.45, 2.75) is 89.1 Å². The van der Waals surface area contributed by atoms with Crippen LogP contribution in [-0.2, 0) is 0 Å². The highest BCUT2D eigenvalue weighted by Crippen LogP contribution is 2.29. The highest BCUT2D eigenvalue weighted by molar-refractivity contribution is 4.83. The summed E-state index contributed by atoms with van der Waals surface area (Å²) < 4.78 is 0. The fourth-order valence-electron chi connectivity index (χ4n) is 3.94. The Kier molecular flexibility index (Phi) is 6.50.